The van der Waals surface area contributed by atoms with E-state index in [0.717, 1.165) is 30.4 Å². The molecule has 0 unspecified atom stereocenters. The van der Waals surface area contributed by atoms with Crippen LogP contribution in [0.25, 0.3) is 10.9 Å². The van der Waals surface area contributed by atoms with Gasteiger partial charge < -0.3 is 10.6 Å². The molecule has 20 heavy (non-hydrogen) atoms. The molecule has 0 fully saturated rings. The highest BCUT2D eigenvalue weighted by atomic mass is 16.1. The van der Waals surface area contributed by atoms with Gasteiger partial charge >= 0.3 is 0 Å². The van der Waals surface area contributed by atoms with Crippen LogP contribution in [0.5, 0.6) is 0 Å². The minimum absolute atomic E-state index is 0.0964. The van der Waals surface area contributed by atoms with Crippen LogP contribution in [0.4, 0.5) is 0 Å². The smallest absolute Gasteiger partial charge is 0.221 e. The Bertz CT molecular complexity index is 563. The van der Waals surface area contributed by atoms with Gasteiger partial charge in [-0.05, 0) is 24.6 Å². The highest BCUT2D eigenvalue weighted by molar-refractivity contribution is 5.81. The number of rotatable bonds is 7. The zero-order chi connectivity index (χ0) is 14.2. The van der Waals surface area contributed by atoms with Crippen molar-refractivity contribution < 1.29 is 4.79 Å². The van der Waals surface area contributed by atoms with Crippen molar-refractivity contribution >= 4 is 16.8 Å². The van der Waals surface area contributed by atoms with E-state index < -0.39 is 0 Å². The number of fused-ring (bicyclic) bond motifs is 1. The number of hydrogen-bond donors (Lipinski definition) is 2. The number of benzene rings is 1. The highest BCUT2D eigenvalue weighted by Crippen LogP contribution is 2.15. The molecule has 2 rings (SSSR count). The summed E-state index contributed by atoms with van der Waals surface area (Å²) in [5, 5.41) is 7.23. The number of nitrogens with zero attached hydrogens (tertiary/aromatic N) is 1. The minimum Gasteiger partial charge on any atom is -0.356 e. The lowest BCUT2D eigenvalue weighted by atomic mass is 10.1. The molecule has 0 radical (unpaired) electrons. The number of amides is 1. The Morgan fingerprint density at radius 1 is 1.20 bits per heavy atom. The van der Waals surface area contributed by atoms with Crippen LogP contribution in [0.3, 0.4) is 0 Å². The lowest BCUT2D eigenvalue weighted by Crippen LogP contribution is -2.29. The van der Waals surface area contributed by atoms with Crippen molar-refractivity contribution in [1.29, 1.82) is 0 Å². The first kappa shape index (κ1) is 14.5. The van der Waals surface area contributed by atoms with Crippen LogP contribution in [0.1, 0.15) is 18.9 Å². The van der Waals surface area contributed by atoms with Gasteiger partial charge in [0.15, 0.2) is 0 Å². The van der Waals surface area contributed by atoms with Crippen LogP contribution in [-0.2, 0) is 11.2 Å². The molecule has 0 saturated carbocycles. The van der Waals surface area contributed by atoms with E-state index in [2.05, 4.69) is 33.8 Å². The second-order valence-electron chi connectivity index (χ2n) is 4.70. The van der Waals surface area contributed by atoms with Crippen molar-refractivity contribution in [2.24, 2.45) is 0 Å². The normalized spacial score (nSPS) is 10.7. The van der Waals surface area contributed by atoms with Crippen molar-refractivity contribution in [2.75, 3.05) is 19.6 Å². The van der Waals surface area contributed by atoms with Crippen molar-refractivity contribution in [3.8, 4) is 0 Å². The zero-order valence-electron chi connectivity index (χ0n) is 11.9. The molecule has 0 aliphatic heterocycles. The van der Waals surface area contributed by atoms with E-state index >= 15 is 0 Å². The third kappa shape index (κ3) is 4.03. The van der Waals surface area contributed by atoms with E-state index in [-0.39, 0.29) is 5.91 Å². The molecular weight excluding hydrogens is 250 g/mol. The summed E-state index contributed by atoms with van der Waals surface area (Å²) < 4.78 is 0. The number of para-hydroxylation sites is 1. The van der Waals surface area contributed by atoms with Crippen molar-refractivity contribution in [3.05, 3.63) is 42.1 Å². The van der Waals surface area contributed by atoms with Crippen molar-refractivity contribution in [3.63, 3.8) is 0 Å². The molecule has 106 valence electrons. The lowest BCUT2D eigenvalue weighted by molar-refractivity contribution is -0.120. The second-order valence-corrected chi connectivity index (χ2v) is 4.70. The Kier molecular flexibility index (Phi) is 5.50. The van der Waals surface area contributed by atoms with Gasteiger partial charge in [-0.15, -0.1) is 0 Å². The average Bonchev–Trinajstić information content (AvgIpc) is 2.48. The molecule has 1 amide bonds. The van der Waals surface area contributed by atoms with Gasteiger partial charge in [0.05, 0.1) is 5.52 Å². The Balaban J connectivity index is 1.85. The molecule has 0 atom stereocenters. The van der Waals surface area contributed by atoms with Gasteiger partial charge in [-0.2, -0.15) is 0 Å². The Labute approximate surface area is 119 Å². The second kappa shape index (κ2) is 7.60. The molecule has 1 aromatic carbocycles. The number of hydrogen-bond acceptors (Lipinski definition) is 3. The first-order chi connectivity index (χ1) is 9.81. The summed E-state index contributed by atoms with van der Waals surface area (Å²) in [5.74, 6) is 0.0964. The average molecular weight is 271 g/mol. The molecule has 1 heterocycles. The number of nitrogens with one attached hydrogen (secondary N) is 2. The standard InChI is InChI=1S/C16H21N3O/c1-2-17-11-9-15(20)18-12-8-14-6-3-5-13-7-4-10-19-16(13)14/h3-7,10,17H,2,8-9,11-12H2,1H3,(H,18,20). The fourth-order valence-corrected chi connectivity index (χ4v) is 2.17. The Morgan fingerprint density at radius 3 is 2.90 bits per heavy atom. The molecule has 0 aliphatic carbocycles. The Morgan fingerprint density at radius 2 is 2.05 bits per heavy atom. The van der Waals surface area contributed by atoms with Crippen LogP contribution in [0.15, 0.2) is 36.5 Å². The maximum atomic E-state index is 11.6. The van der Waals surface area contributed by atoms with Gasteiger partial charge in [0.2, 0.25) is 5.91 Å². The SMILES string of the molecule is CCNCCC(=O)NCCc1cccc2cccnc12. The third-order valence-corrected chi connectivity index (χ3v) is 3.21. The van der Waals surface area contributed by atoms with E-state index in [0.29, 0.717) is 13.0 Å². The van der Waals surface area contributed by atoms with Gasteiger partial charge in [-0.25, -0.2) is 0 Å². The summed E-state index contributed by atoms with van der Waals surface area (Å²) in [6.07, 6.45) is 3.14. The van der Waals surface area contributed by atoms with Crippen LogP contribution in [0.2, 0.25) is 0 Å². The maximum absolute atomic E-state index is 11.6. The van der Waals surface area contributed by atoms with Crippen LogP contribution in [-0.4, -0.2) is 30.5 Å². The summed E-state index contributed by atoms with van der Waals surface area (Å²) in [4.78, 5) is 16.0. The van der Waals surface area contributed by atoms with Gasteiger partial charge in [0, 0.05) is 31.1 Å². The zero-order valence-corrected chi connectivity index (χ0v) is 11.9. The van der Waals surface area contributed by atoms with Gasteiger partial charge in [-0.1, -0.05) is 31.2 Å². The highest BCUT2D eigenvalue weighted by Gasteiger charge is 2.03. The largest absolute Gasteiger partial charge is 0.356 e. The molecule has 0 bridgehead atoms. The number of pyridine rings is 1. The first-order valence-electron chi connectivity index (χ1n) is 7.11. The monoisotopic (exact) mass is 271 g/mol. The molecule has 0 saturated heterocycles. The summed E-state index contributed by atoms with van der Waals surface area (Å²) in [6, 6.07) is 10.2. The molecule has 4 heteroatoms. The molecule has 0 aliphatic rings. The number of carbonyl (C=O) groups excluding carboxylic acids is 1. The Hall–Kier alpha value is -1.94. The van der Waals surface area contributed by atoms with E-state index in [9.17, 15) is 4.79 Å². The molecule has 2 aromatic rings. The van der Waals surface area contributed by atoms with E-state index in [1.165, 1.54) is 5.56 Å². The van der Waals surface area contributed by atoms with E-state index in [1.807, 2.05) is 19.1 Å². The van der Waals surface area contributed by atoms with Crippen LogP contribution in [0, 0.1) is 0 Å². The summed E-state index contributed by atoms with van der Waals surface area (Å²) in [5.41, 5.74) is 2.20. The van der Waals surface area contributed by atoms with Crippen LogP contribution >= 0.6 is 0 Å². The fourth-order valence-electron chi connectivity index (χ4n) is 2.17. The minimum atomic E-state index is 0.0964. The lowest BCUT2D eigenvalue weighted by Gasteiger charge is -2.07. The quantitative estimate of drug-likeness (QED) is 0.756. The fraction of sp³-hybridized carbons (Fsp3) is 0.375. The topological polar surface area (TPSA) is 54.0 Å². The molecule has 1 aromatic heterocycles. The predicted octanol–water partition coefficient (Wildman–Crippen LogP) is 1.89. The first-order valence-corrected chi connectivity index (χ1v) is 7.11. The van der Waals surface area contributed by atoms with Gasteiger partial charge in [0.1, 0.15) is 0 Å². The molecule has 2 N–H and O–H groups in total. The van der Waals surface area contributed by atoms with Gasteiger partial charge in [-0.3, -0.25) is 9.78 Å². The summed E-state index contributed by atoms with van der Waals surface area (Å²) in [6.45, 7) is 4.32. The van der Waals surface area contributed by atoms with E-state index in [4.69, 9.17) is 0 Å². The number of carbonyl (C=O) groups is 1. The molecular formula is C16H21N3O. The van der Waals surface area contributed by atoms with Crippen molar-refractivity contribution in [2.45, 2.75) is 19.8 Å². The maximum Gasteiger partial charge on any atom is 0.221 e. The molecule has 4 nitrogen and oxygen atoms in total. The van der Waals surface area contributed by atoms with Gasteiger partial charge in [0.25, 0.3) is 0 Å². The van der Waals surface area contributed by atoms with E-state index in [1.54, 1.807) is 6.20 Å². The van der Waals surface area contributed by atoms with Crippen molar-refractivity contribution in [1.82, 2.24) is 15.6 Å². The molecule has 0 spiro atoms. The summed E-state index contributed by atoms with van der Waals surface area (Å²) in [7, 11) is 0. The third-order valence-electron chi connectivity index (χ3n) is 3.21. The van der Waals surface area contributed by atoms with Crippen LogP contribution < -0.4 is 10.6 Å². The predicted molar refractivity (Wildman–Crippen MR) is 81.6 cm³/mol. The number of aromatic nitrogens is 1. The summed E-state index contributed by atoms with van der Waals surface area (Å²) >= 11 is 0.